The van der Waals surface area contributed by atoms with Crippen LogP contribution in [0.25, 0.3) is 0 Å². The van der Waals surface area contributed by atoms with E-state index in [2.05, 4.69) is 45.2 Å². The molecule has 0 unspecified atom stereocenters. The number of nitrogen functional groups attached to an aromatic ring is 1. The third-order valence-corrected chi connectivity index (χ3v) is 2.91. The van der Waals surface area contributed by atoms with E-state index in [9.17, 15) is 0 Å². The molecule has 0 amide bonds. The molecule has 1 aromatic carbocycles. The van der Waals surface area contributed by atoms with Crippen molar-refractivity contribution >= 4 is 50.9 Å². The molecule has 0 saturated carbocycles. The van der Waals surface area contributed by atoms with E-state index in [1.54, 1.807) is 0 Å². The molecule has 0 radical (unpaired) electrons. The number of anilines is 1. The maximum Gasteiger partial charge on any atom is 0.146 e. The van der Waals surface area contributed by atoms with Gasteiger partial charge in [0, 0.05) is 5.69 Å². The largest absolute Gasteiger partial charge is 0.492 e. The van der Waals surface area contributed by atoms with Gasteiger partial charge in [-0.15, -0.1) is 0 Å². The van der Waals surface area contributed by atoms with Crippen LogP contribution in [0.5, 0.6) is 5.75 Å². The van der Waals surface area contributed by atoms with Gasteiger partial charge in [-0.25, -0.2) is 0 Å². The molecule has 66 valence electrons. The number of hydrogen-bond donors (Lipinski definition) is 1. The Morgan fingerprint density at radius 3 is 2.25 bits per heavy atom. The first kappa shape index (κ1) is 10.4. The summed E-state index contributed by atoms with van der Waals surface area (Å²) in [4.78, 5) is 0. The van der Waals surface area contributed by atoms with Gasteiger partial charge < -0.3 is 10.5 Å². The predicted molar refractivity (Wildman–Crippen MR) is 67.5 cm³/mol. The quantitative estimate of drug-likeness (QED) is 0.624. The molecule has 1 aromatic rings. The van der Waals surface area contributed by atoms with Gasteiger partial charge in [-0.3, -0.25) is 0 Å². The lowest BCUT2D eigenvalue weighted by atomic mass is 10.3. The third kappa shape index (κ3) is 2.38. The molecule has 2 N–H and O–H groups in total. The Morgan fingerprint density at radius 1 is 1.33 bits per heavy atom. The minimum atomic E-state index is 0.690. The fourth-order valence-electron chi connectivity index (χ4n) is 0.862. The lowest BCUT2D eigenvalue weighted by Gasteiger charge is -2.08. The van der Waals surface area contributed by atoms with Crippen molar-refractivity contribution in [3.63, 3.8) is 0 Å². The van der Waals surface area contributed by atoms with E-state index in [1.165, 1.54) is 0 Å². The average molecular weight is 389 g/mol. The van der Waals surface area contributed by atoms with Gasteiger partial charge in [-0.05, 0) is 64.2 Å². The Morgan fingerprint density at radius 2 is 1.83 bits per heavy atom. The predicted octanol–water partition coefficient (Wildman–Crippen LogP) is 2.88. The standard InChI is InChI=1S/C8H9I2NO/c1-2-12-8-6(9)3-5(11)4-7(8)10/h3-4H,2,11H2,1H3. The number of hydrogen-bond acceptors (Lipinski definition) is 2. The zero-order valence-corrected chi connectivity index (χ0v) is 10.9. The summed E-state index contributed by atoms with van der Waals surface area (Å²) in [6.07, 6.45) is 0. The van der Waals surface area contributed by atoms with Crippen LogP contribution in [-0.4, -0.2) is 6.61 Å². The smallest absolute Gasteiger partial charge is 0.146 e. The number of nitrogens with two attached hydrogens (primary N) is 1. The molecule has 1 rings (SSSR count). The highest BCUT2D eigenvalue weighted by atomic mass is 127. The van der Waals surface area contributed by atoms with Gasteiger partial charge in [0.1, 0.15) is 5.75 Å². The summed E-state index contributed by atoms with van der Waals surface area (Å²) in [7, 11) is 0. The molecule has 0 saturated heterocycles. The van der Waals surface area contributed by atoms with E-state index in [-0.39, 0.29) is 0 Å². The van der Waals surface area contributed by atoms with Gasteiger partial charge in [-0.2, -0.15) is 0 Å². The van der Waals surface area contributed by atoms with Gasteiger partial charge >= 0.3 is 0 Å². The Bertz CT molecular complexity index is 265. The molecule has 0 atom stereocenters. The highest BCUT2D eigenvalue weighted by Gasteiger charge is 2.06. The normalized spacial score (nSPS) is 9.92. The first-order valence-corrected chi connectivity index (χ1v) is 5.68. The third-order valence-electron chi connectivity index (χ3n) is 1.31. The van der Waals surface area contributed by atoms with Crippen molar-refractivity contribution in [3.8, 4) is 5.75 Å². The van der Waals surface area contributed by atoms with Crippen LogP contribution in [-0.2, 0) is 0 Å². The fraction of sp³-hybridized carbons (Fsp3) is 0.250. The van der Waals surface area contributed by atoms with Gasteiger partial charge in [-0.1, -0.05) is 0 Å². The Labute approximate surface area is 99.1 Å². The monoisotopic (exact) mass is 389 g/mol. The van der Waals surface area contributed by atoms with Crippen LogP contribution in [0.1, 0.15) is 6.92 Å². The molecule has 0 aromatic heterocycles. The van der Waals surface area contributed by atoms with Crippen LogP contribution in [0.15, 0.2) is 12.1 Å². The highest BCUT2D eigenvalue weighted by Crippen LogP contribution is 2.29. The maximum absolute atomic E-state index is 5.66. The van der Waals surface area contributed by atoms with Gasteiger partial charge in [0.15, 0.2) is 0 Å². The molecule has 4 heteroatoms. The Kier molecular flexibility index (Phi) is 3.88. The highest BCUT2D eigenvalue weighted by molar-refractivity contribution is 14.1. The number of benzene rings is 1. The summed E-state index contributed by atoms with van der Waals surface area (Å²) < 4.78 is 7.59. The van der Waals surface area contributed by atoms with Crippen molar-refractivity contribution in [1.82, 2.24) is 0 Å². The summed E-state index contributed by atoms with van der Waals surface area (Å²) in [6.45, 7) is 2.67. The van der Waals surface area contributed by atoms with Crippen LogP contribution in [0.2, 0.25) is 0 Å². The van der Waals surface area contributed by atoms with E-state index in [0.717, 1.165) is 18.6 Å². The van der Waals surface area contributed by atoms with E-state index >= 15 is 0 Å². The molecule has 0 heterocycles. The van der Waals surface area contributed by atoms with Crippen molar-refractivity contribution in [1.29, 1.82) is 0 Å². The summed E-state index contributed by atoms with van der Waals surface area (Å²) in [6, 6.07) is 3.82. The second kappa shape index (κ2) is 4.50. The first-order chi connectivity index (χ1) is 5.65. The van der Waals surface area contributed by atoms with Gasteiger partial charge in [0.25, 0.3) is 0 Å². The minimum Gasteiger partial charge on any atom is -0.492 e. The zero-order chi connectivity index (χ0) is 9.14. The SMILES string of the molecule is CCOc1c(I)cc(N)cc1I. The van der Waals surface area contributed by atoms with E-state index in [1.807, 2.05) is 19.1 Å². The van der Waals surface area contributed by atoms with Crippen LogP contribution in [0, 0.1) is 7.14 Å². The summed E-state index contributed by atoms with van der Waals surface area (Å²) >= 11 is 4.45. The van der Waals surface area contributed by atoms with Crippen molar-refractivity contribution in [2.45, 2.75) is 6.92 Å². The molecule has 0 spiro atoms. The van der Waals surface area contributed by atoms with Crippen molar-refractivity contribution in [2.24, 2.45) is 0 Å². The summed E-state index contributed by atoms with van der Waals surface area (Å²) in [5.41, 5.74) is 6.44. The first-order valence-electron chi connectivity index (χ1n) is 3.52. The van der Waals surface area contributed by atoms with E-state index in [0.29, 0.717) is 6.61 Å². The summed E-state index contributed by atoms with van der Waals surface area (Å²) in [5, 5.41) is 0. The second-order valence-corrected chi connectivity index (χ2v) is 4.57. The number of rotatable bonds is 2. The summed E-state index contributed by atoms with van der Waals surface area (Å²) in [5.74, 6) is 0.938. The molecule has 2 nitrogen and oxygen atoms in total. The topological polar surface area (TPSA) is 35.2 Å². The minimum absolute atomic E-state index is 0.690. The maximum atomic E-state index is 5.66. The van der Waals surface area contributed by atoms with E-state index < -0.39 is 0 Å². The van der Waals surface area contributed by atoms with Gasteiger partial charge in [0.2, 0.25) is 0 Å². The zero-order valence-electron chi connectivity index (χ0n) is 6.60. The molecule has 0 bridgehead atoms. The van der Waals surface area contributed by atoms with Crippen molar-refractivity contribution < 1.29 is 4.74 Å². The number of halogens is 2. The molecule has 0 aliphatic heterocycles. The molecule has 0 fully saturated rings. The lowest BCUT2D eigenvalue weighted by molar-refractivity contribution is 0.335. The average Bonchev–Trinajstić information content (AvgIpc) is 1.96. The molecule has 0 aliphatic carbocycles. The van der Waals surface area contributed by atoms with Crippen molar-refractivity contribution in [3.05, 3.63) is 19.3 Å². The van der Waals surface area contributed by atoms with Crippen LogP contribution in [0.3, 0.4) is 0 Å². The Balaban J connectivity index is 3.10. The number of ether oxygens (including phenoxy) is 1. The van der Waals surface area contributed by atoms with Crippen molar-refractivity contribution in [2.75, 3.05) is 12.3 Å². The molecule has 0 aliphatic rings. The van der Waals surface area contributed by atoms with Crippen LogP contribution < -0.4 is 10.5 Å². The second-order valence-electron chi connectivity index (χ2n) is 2.25. The molecular formula is C8H9I2NO. The van der Waals surface area contributed by atoms with Crippen LogP contribution >= 0.6 is 45.2 Å². The fourth-order valence-corrected chi connectivity index (χ4v) is 2.99. The van der Waals surface area contributed by atoms with Gasteiger partial charge in [0.05, 0.1) is 13.7 Å². The molecular weight excluding hydrogens is 380 g/mol. The lowest BCUT2D eigenvalue weighted by Crippen LogP contribution is -1.98. The molecule has 12 heavy (non-hydrogen) atoms. The van der Waals surface area contributed by atoms with E-state index in [4.69, 9.17) is 10.5 Å². The Hall–Kier alpha value is 0.280. The van der Waals surface area contributed by atoms with Crippen LogP contribution in [0.4, 0.5) is 5.69 Å².